The quantitative estimate of drug-likeness (QED) is 0.419. The van der Waals surface area contributed by atoms with Crippen molar-refractivity contribution in [3.8, 4) is 22.5 Å². The zero-order valence-corrected chi connectivity index (χ0v) is 19.4. The van der Waals surface area contributed by atoms with E-state index in [4.69, 9.17) is 33.2 Å². The molecule has 156 valence electrons. The second-order valence-corrected chi connectivity index (χ2v) is 10.00. The fourth-order valence-electron chi connectivity index (χ4n) is 3.51. The monoisotopic (exact) mass is 458 g/mol. The molecule has 1 saturated heterocycles. The SMILES string of the molecule is CC(C)SN1CCN(c2cnc(-c3ccc(Cl)cc3)c(-c3ccccc3Cl)n2)CC1. The smallest absolute Gasteiger partial charge is 0.147 e. The molecule has 0 unspecified atom stereocenters. The van der Waals surface area contributed by atoms with Crippen molar-refractivity contribution in [3.63, 3.8) is 0 Å². The van der Waals surface area contributed by atoms with Crippen LogP contribution in [0.2, 0.25) is 10.0 Å². The maximum Gasteiger partial charge on any atom is 0.147 e. The molecule has 0 N–H and O–H groups in total. The van der Waals surface area contributed by atoms with E-state index in [1.54, 1.807) is 0 Å². The van der Waals surface area contributed by atoms with Crippen molar-refractivity contribution in [3.05, 3.63) is 64.8 Å². The van der Waals surface area contributed by atoms with E-state index in [2.05, 4.69) is 23.1 Å². The summed E-state index contributed by atoms with van der Waals surface area (Å²) in [5, 5.41) is 1.96. The maximum absolute atomic E-state index is 6.54. The first-order chi connectivity index (χ1) is 14.5. The fourth-order valence-corrected chi connectivity index (χ4v) is 4.83. The Labute approximate surface area is 192 Å². The summed E-state index contributed by atoms with van der Waals surface area (Å²) in [6.45, 7) is 8.32. The molecule has 1 fully saturated rings. The van der Waals surface area contributed by atoms with Crippen LogP contribution in [0.5, 0.6) is 0 Å². The molecule has 1 aromatic heterocycles. The van der Waals surface area contributed by atoms with Crippen molar-refractivity contribution in [2.24, 2.45) is 0 Å². The second-order valence-electron chi connectivity index (χ2n) is 7.48. The van der Waals surface area contributed by atoms with Gasteiger partial charge in [0.2, 0.25) is 0 Å². The van der Waals surface area contributed by atoms with Crippen molar-refractivity contribution in [2.75, 3.05) is 31.1 Å². The summed E-state index contributed by atoms with van der Waals surface area (Å²) in [7, 11) is 0. The van der Waals surface area contributed by atoms with Crippen LogP contribution < -0.4 is 4.90 Å². The molecule has 2 heterocycles. The van der Waals surface area contributed by atoms with Crippen LogP contribution in [0.1, 0.15) is 13.8 Å². The Morgan fingerprint density at radius 2 is 1.60 bits per heavy atom. The van der Waals surface area contributed by atoms with Crippen molar-refractivity contribution < 1.29 is 0 Å². The highest BCUT2D eigenvalue weighted by molar-refractivity contribution is 7.97. The van der Waals surface area contributed by atoms with Crippen molar-refractivity contribution in [1.29, 1.82) is 0 Å². The molecule has 2 aromatic carbocycles. The Morgan fingerprint density at radius 1 is 0.900 bits per heavy atom. The van der Waals surface area contributed by atoms with Gasteiger partial charge in [0.05, 0.1) is 16.9 Å². The van der Waals surface area contributed by atoms with Gasteiger partial charge in [-0.05, 0) is 18.2 Å². The van der Waals surface area contributed by atoms with Crippen molar-refractivity contribution in [2.45, 2.75) is 19.1 Å². The minimum absolute atomic E-state index is 0.599. The van der Waals surface area contributed by atoms with Gasteiger partial charge < -0.3 is 4.90 Å². The van der Waals surface area contributed by atoms with E-state index in [-0.39, 0.29) is 0 Å². The molecule has 0 spiro atoms. The fraction of sp³-hybridized carbons (Fsp3) is 0.304. The van der Waals surface area contributed by atoms with E-state index < -0.39 is 0 Å². The average molecular weight is 459 g/mol. The lowest BCUT2D eigenvalue weighted by Gasteiger charge is -2.35. The third-order valence-corrected chi connectivity index (χ3v) is 6.60. The normalized spacial score (nSPS) is 15.0. The zero-order chi connectivity index (χ0) is 21.1. The van der Waals surface area contributed by atoms with Gasteiger partial charge in [-0.15, -0.1) is 0 Å². The van der Waals surface area contributed by atoms with Crippen LogP contribution in [0.25, 0.3) is 22.5 Å². The first kappa shape index (κ1) is 21.4. The van der Waals surface area contributed by atoms with Gasteiger partial charge in [0.1, 0.15) is 11.5 Å². The van der Waals surface area contributed by atoms with E-state index in [1.807, 2.05) is 66.7 Å². The molecular formula is C23H24Cl2N4S. The van der Waals surface area contributed by atoms with Gasteiger partial charge >= 0.3 is 0 Å². The largest absolute Gasteiger partial charge is 0.353 e. The lowest BCUT2D eigenvalue weighted by molar-refractivity contribution is 0.426. The van der Waals surface area contributed by atoms with Gasteiger partial charge in [0.15, 0.2) is 0 Å². The highest BCUT2D eigenvalue weighted by Gasteiger charge is 2.22. The van der Waals surface area contributed by atoms with E-state index >= 15 is 0 Å². The Kier molecular flexibility index (Phi) is 6.84. The first-order valence-electron chi connectivity index (χ1n) is 10.1. The van der Waals surface area contributed by atoms with Crippen LogP contribution in [0.3, 0.4) is 0 Å². The minimum Gasteiger partial charge on any atom is -0.353 e. The Hall–Kier alpha value is -1.79. The van der Waals surface area contributed by atoms with Gasteiger partial charge in [-0.1, -0.05) is 79.3 Å². The molecule has 0 atom stereocenters. The molecule has 0 radical (unpaired) electrons. The first-order valence-corrected chi connectivity index (χ1v) is 11.6. The molecule has 1 aliphatic heterocycles. The molecule has 0 saturated carbocycles. The second kappa shape index (κ2) is 9.56. The number of anilines is 1. The molecule has 30 heavy (non-hydrogen) atoms. The highest BCUT2D eigenvalue weighted by Crippen LogP contribution is 2.35. The van der Waals surface area contributed by atoms with Crippen LogP contribution in [0.15, 0.2) is 54.7 Å². The number of hydrogen-bond acceptors (Lipinski definition) is 5. The molecule has 4 rings (SSSR count). The summed E-state index contributed by atoms with van der Waals surface area (Å²) < 4.78 is 2.44. The van der Waals surface area contributed by atoms with Gasteiger partial charge in [0.25, 0.3) is 0 Å². The summed E-state index contributed by atoms with van der Waals surface area (Å²) in [5.74, 6) is 0.886. The third kappa shape index (κ3) is 4.92. The summed E-state index contributed by atoms with van der Waals surface area (Å²) in [4.78, 5) is 12.1. The zero-order valence-electron chi connectivity index (χ0n) is 17.1. The number of aromatic nitrogens is 2. The lowest BCUT2D eigenvalue weighted by Crippen LogP contribution is -2.44. The molecule has 7 heteroatoms. The van der Waals surface area contributed by atoms with Crippen LogP contribution in [-0.4, -0.2) is 45.7 Å². The Bertz CT molecular complexity index is 1000. The molecule has 1 aliphatic rings. The van der Waals surface area contributed by atoms with Crippen LogP contribution in [-0.2, 0) is 0 Å². The van der Waals surface area contributed by atoms with Gasteiger partial charge in [0, 0.05) is 47.6 Å². The summed E-state index contributed by atoms with van der Waals surface area (Å²) in [6.07, 6.45) is 1.87. The van der Waals surface area contributed by atoms with Crippen LogP contribution >= 0.6 is 35.1 Å². The minimum atomic E-state index is 0.599. The number of piperazine rings is 1. The van der Waals surface area contributed by atoms with Crippen molar-refractivity contribution >= 4 is 41.0 Å². The molecule has 0 amide bonds. The molecule has 0 bridgehead atoms. The molecule has 0 aliphatic carbocycles. The molecular weight excluding hydrogens is 435 g/mol. The third-order valence-electron chi connectivity index (χ3n) is 4.93. The Balaban J connectivity index is 1.69. The van der Waals surface area contributed by atoms with E-state index in [0.717, 1.165) is 54.5 Å². The predicted octanol–water partition coefficient (Wildman–Crippen LogP) is 6.30. The number of halogens is 2. The van der Waals surface area contributed by atoms with E-state index in [0.29, 0.717) is 15.3 Å². The average Bonchev–Trinajstić information content (AvgIpc) is 2.75. The van der Waals surface area contributed by atoms with Crippen LogP contribution in [0, 0.1) is 0 Å². The van der Waals surface area contributed by atoms with Gasteiger partial charge in [-0.2, -0.15) is 0 Å². The Morgan fingerprint density at radius 3 is 2.27 bits per heavy atom. The van der Waals surface area contributed by atoms with E-state index in [1.165, 1.54) is 0 Å². The molecule has 4 nitrogen and oxygen atoms in total. The summed E-state index contributed by atoms with van der Waals surface area (Å²) in [6, 6.07) is 15.5. The van der Waals surface area contributed by atoms with Crippen molar-refractivity contribution in [1.82, 2.24) is 14.3 Å². The molecule has 3 aromatic rings. The van der Waals surface area contributed by atoms with Gasteiger partial charge in [-0.25, -0.2) is 9.29 Å². The number of benzene rings is 2. The summed E-state index contributed by atoms with van der Waals surface area (Å²) >= 11 is 14.5. The lowest BCUT2D eigenvalue weighted by atomic mass is 10.0. The topological polar surface area (TPSA) is 32.3 Å². The van der Waals surface area contributed by atoms with Crippen LogP contribution in [0.4, 0.5) is 5.82 Å². The number of rotatable bonds is 5. The summed E-state index contributed by atoms with van der Waals surface area (Å²) in [5.41, 5.74) is 3.44. The number of hydrogen-bond donors (Lipinski definition) is 0. The highest BCUT2D eigenvalue weighted by atomic mass is 35.5. The van der Waals surface area contributed by atoms with E-state index in [9.17, 15) is 0 Å². The number of nitrogens with zero attached hydrogens (tertiary/aromatic N) is 4. The van der Waals surface area contributed by atoms with Gasteiger partial charge in [-0.3, -0.25) is 4.98 Å². The maximum atomic E-state index is 6.54. The standard InChI is InChI=1S/C23H24Cl2N4S/c1-16(2)30-29-13-11-28(12-14-29)21-15-26-22(17-7-9-18(24)10-8-17)23(27-21)19-5-3-4-6-20(19)25/h3-10,15-16H,11-14H2,1-2H3. The predicted molar refractivity (Wildman–Crippen MR) is 129 cm³/mol.